The van der Waals surface area contributed by atoms with Crippen molar-refractivity contribution in [3.8, 4) is 0 Å². The maximum absolute atomic E-state index is 8.91. The zero-order chi connectivity index (χ0) is 9.68. The van der Waals surface area contributed by atoms with Crippen LogP contribution in [0, 0.1) is 0 Å². The van der Waals surface area contributed by atoms with Crippen LogP contribution in [0.25, 0.3) is 0 Å². The van der Waals surface area contributed by atoms with Crippen molar-refractivity contribution >= 4 is 11.6 Å². The lowest BCUT2D eigenvalue weighted by Gasteiger charge is -2.13. The highest BCUT2D eigenvalue weighted by molar-refractivity contribution is 5.39. The highest BCUT2D eigenvalue weighted by Gasteiger charge is 2.04. The van der Waals surface area contributed by atoms with E-state index in [4.69, 9.17) is 10.8 Å². The minimum Gasteiger partial charge on any atom is -0.394 e. The lowest BCUT2D eigenvalue weighted by atomic mass is 10.2. The van der Waals surface area contributed by atoms with Gasteiger partial charge in [0.15, 0.2) is 0 Å². The molecule has 0 aliphatic carbocycles. The maximum atomic E-state index is 8.91. The summed E-state index contributed by atoms with van der Waals surface area (Å²) in [6.07, 6.45) is 3.88. The van der Waals surface area contributed by atoms with Crippen LogP contribution in [0.4, 0.5) is 11.6 Å². The fraction of sp³-hybridized carbons (Fsp3) is 0.500. The third-order valence-electron chi connectivity index (χ3n) is 1.72. The second-order valence-corrected chi connectivity index (χ2v) is 2.76. The molecule has 1 atom stereocenters. The van der Waals surface area contributed by atoms with Crippen LogP contribution in [0.15, 0.2) is 12.4 Å². The fourth-order valence-corrected chi connectivity index (χ4v) is 0.937. The zero-order valence-electron chi connectivity index (χ0n) is 7.57. The molecule has 1 unspecified atom stereocenters. The molecule has 0 amide bonds. The average Bonchev–Trinajstić information content (AvgIpc) is 2.14. The summed E-state index contributed by atoms with van der Waals surface area (Å²) in [4.78, 5) is 7.88. The van der Waals surface area contributed by atoms with Gasteiger partial charge in [0.1, 0.15) is 11.6 Å². The summed E-state index contributed by atoms with van der Waals surface area (Å²) >= 11 is 0. The highest BCUT2D eigenvalue weighted by atomic mass is 16.3. The number of hydrogen-bond acceptors (Lipinski definition) is 5. The number of nitrogens with zero attached hydrogens (tertiary/aromatic N) is 2. The SMILES string of the molecule is CCC(CO)Nc1cncc(N)n1. The second kappa shape index (κ2) is 4.61. The smallest absolute Gasteiger partial charge is 0.147 e. The van der Waals surface area contributed by atoms with Crippen LogP contribution in [-0.2, 0) is 0 Å². The number of nitrogen functional groups attached to an aromatic ring is 1. The first-order chi connectivity index (χ1) is 6.26. The summed E-state index contributed by atoms with van der Waals surface area (Å²) in [5, 5.41) is 11.9. The first-order valence-corrected chi connectivity index (χ1v) is 4.21. The van der Waals surface area contributed by atoms with Crippen molar-refractivity contribution in [2.75, 3.05) is 17.7 Å². The minimum absolute atomic E-state index is 0.0103. The number of rotatable bonds is 4. The predicted molar refractivity (Wildman–Crippen MR) is 51.2 cm³/mol. The molecule has 5 nitrogen and oxygen atoms in total. The van der Waals surface area contributed by atoms with Gasteiger partial charge in [0.05, 0.1) is 25.0 Å². The summed E-state index contributed by atoms with van der Waals surface area (Å²) in [6.45, 7) is 2.06. The van der Waals surface area contributed by atoms with Crippen molar-refractivity contribution in [2.24, 2.45) is 0 Å². The Bertz CT molecular complexity index is 262. The molecule has 1 aromatic rings. The summed E-state index contributed by atoms with van der Waals surface area (Å²) in [5.74, 6) is 0.971. The summed E-state index contributed by atoms with van der Waals surface area (Å²) < 4.78 is 0. The van der Waals surface area contributed by atoms with Crippen LogP contribution in [0.5, 0.6) is 0 Å². The van der Waals surface area contributed by atoms with Gasteiger partial charge in [-0.1, -0.05) is 6.92 Å². The molecule has 0 aromatic carbocycles. The van der Waals surface area contributed by atoms with Gasteiger partial charge < -0.3 is 16.2 Å². The van der Waals surface area contributed by atoms with Crippen LogP contribution >= 0.6 is 0 Å². The van der Waals surface area contributed by atoms with Gasteiger partial charge >= 0.3 is 0 Å². The molecular formula is C8H14N4O. The molecule has 1 aromatic heterocycles. The first kappa shape index (κ1) is 9.73. The number of aliphatic hydroxyl groups excluding tert-OH is 1. The van der Waals surface area contributed by atoms with Crippen molar-refractivity contribution in [3.05, 3.63) is 12.4 Å². The lowest BCUT2D eigenvalue weighted by Crippen LogP contribution is -2.23. The van der Waals surface area contributed by atoms with E-state index in [-0.39, 0.29) is 12.6 Å². The van der Waals surface area contributed by atoms with E-state index in [1.165, 1.54) is 6.20 Å². The normalized spacial score (nSPS) is 12.5. The molecule has 0 aliphatic rings. The Morgan fingerprint density at radius 2 is 2.38 bits per heavy atom. The number of nitrogens with one attached hydrogen (secondary N) is 1. The third kappa shape index (κ3) is 2.87. The van der Waals surface area contributed by atoms with E-state index >= 15 is 0 Å². The molecule has 0 saturated carbocycles. The monoisotopic (exact) mass is 182 g/mol. The van der Waals surface area contributed by atoms with Crippen LogP contribution in [0.3, 0.4) is 0 Å². The molecule has 0 bridgehead atoms. The Kier molecular flexibility index (Phi) is 3.45. The van der Waals surface area contributed by atoms with Crippen molar-refractivity contribution in [3.63, 3.8) is 0 Å². The van der Waals surface area contributed by atoms with E-state index < -0.39 is 0 Å². The van der Waals surface area contributed by atoms with Gasteiger partial charge in [-0.3, -0.25) is 4.98 Å². The molecular weight excluding hydrogens is 168 g/mol. The van der Waals surface area contributed by atoms with E-state index in [9.17, 15) is 0 Å². The molecule has 5 heteroatoms. The zero-order valence-corrected chi connectivity index (χ0v) is 7.57. The standard InChI is InChI=1S/C8H14N4O/c1-2-6(5-13)11-8-4-10-3-7(9)12-8/h3-4,6,13H,2,5H2,1H3,(H3,9,11,12). The van der Waals surface area contributed by atoms with Gasteiger partial charge in [-0.25, -0.2) is 4.98 Å². The summed E-state index contributed by atoms with van der Waals surface area (Å²) in [6, 6.07) is 0.0103. The van der Waals surface area contributed by atoms with Crippen molar-refractivity contribution < 1.29 is 5.11 Å². The largest absolute Gasteiger partial charge is 0.394 e. The molecule has 13 heavy (non-hydrogen) atoms. The number of aliphatic hydroxyl groups is 1. The van der Waals surface area contributed by atoms with Gasteiger partial charge in [-0.15, -0.1) is 0 Å². The number of hydrogen-bond donors (Lipinski definition) is 3. The van der Waals surface area contributed by atoms with Crippen LogP contribution in [-0.4, -0.2) is 27.7 Å². The van der Waals surface area contributed by atoms with Crippen molar-refractivity contribution in [1.29, 1.82) is 0 Å². The predicted octanol–water partition coefficient (Wildman–Crippen LogP) is 0.242. The second-order valence-electron chi connectivity index (χ2n) is 2.76. The van der Waals surface area contributed by atoms with E-state index in [0.717, 1.165) is 6.42 Å². The Labute approximate surface area is 77.0 Å². The van der Waals surface area contributed by atoms with E-state index in [2.05, 4.69) is 15.3 Å². The number of nitrogens with two attached hydrogens (primary N) is 1. The molecule has 0 radical (unpaired) electrons. The molecule has 4 N–H and O–H groups in total. The van der Waals surface area contributed by atoms with Gasteiger partial charge in [-0.2, -0.15) is 0 Å². The van der Waals surface area contributed by atoms with Crippen LogP contribution in [0.1, 0.15) is 13.3 Å². The molecule has 0 spiro atoms. The van der Waals surface area contributed by atoms with Gasteiger partial charge in [0.2, 0.25) is 0 Å². The van der Waals surface area contributed by atoms with Crippen molar-refractivity contribution in [1.82, 2.24) is 9.97 Å². The number of anilines is 2. The Morgan fingerprint density at radius 3 is 2.92 bits per heavy atom. The molecule has 1 rings (SSSR count). The lowest BCUT2D eigenvalue weighted by molar-refractivity contribution is 0.271. The summed E-state index contributed by atoms with van der Waals surface area (Å²) in [7, 11) is 0. The molecule has 0 saturated heterocycles. The van der Waals surface area contributed by atoms with E-state index in [1.54, 1.807) is 6.20 Å². The molecule has 72 valence electrons. The number of aromatic nitrogens is 2. The minimum atomic E-state index is 0.0103. The van der Waals surface area contributed by atoms with E-state index in [0.29, 0.717) is 11.6 Å². The van der Waals surface area contributed by atoms with Crippen LogP contribution < -0.4 is 11.1 Å². The van der Waals surface area contributed by atoms with E-state index in [1.807, 2.05) is 6.92 Å². The maximum Gasteiger partial charge on any atom is 0.147 e. The van der Waals surface area contributed by atoms with Gasteiger partial charge in [0, 0.05) is 0 Å². The Hall–Kier alpha value is -1.36. The highest BCUT2D eigenvalue weighted by Crippen LogP contribution is 2.06. The van der Waals surface area contributed by atoms with Gasteiger partial charge in [-0.05, 0) is 6.42 Å². The summed E-state index contributed by atoms with van der Waals surface area (Å²) in [5.41, 5.74) is 5.44. The Balaban J connectivity index is 2.62. The fourth-order valence-electron chi connectivity index (χ4n) is 0.937. The van der Waals surface area contributed by atoms with Crippen molar-refractivity contribution in [2.45, 2.75) is 19.4 Å². The Morgan fingerprint density at radius 1 is 1.62 bits per heavy atom. The third-order valence-corrected chi connectivity index (χ3v) is 1.72. The molecule has 0 fully saturated rings. The quantitative estimate of drug-likeness (QED) is 0.621. The topological polar surface area (TPSA) is 84.1 Å². The van der Waals surface area contributed by atoms with Crippen LogP contribution in [0.2, 0.25) is 0 Å². The first-order valence-electron chi connectivity index (χ1n) is 4.21. The average molecular weight is 182 g/mol. The molecule has 1 heterocycles. The van der Waals surface area contributed by atoms with Gasteiger partial charge in [0.25, 0.3) is 0 Å². The molecule has 0 aliphatic heterocycles.